The summed E-state index contributed by atoms with van der Waals surface area (Å²) in [6, 6.07) is 20.9. The highest BCUT2D eigenvalue weighted by atomic mass is 35.5. The van der Waals surface area contributed by atoms with E-state index in [1.165, 1.54) is 0 Å². The number of halogens is 1. The summed E-state index contributed by atoms with van der Waals surface area (Å²) in [6.45, 7) is 5.73. The Morgan fingerprint density at radius 3 is 2.56 bits per heavy atom. The van der Waals surface area contributed by atoms with E-state index >= 15 is 0 Å². The number of amides is 1. The van der Waals surface area contributed by atoms with Gasteiger partial charge in [-0.1, -0.05) is 55.8 Å². The molecule has 5 nitrogen and oxygen atoms in total. The van der Waals surface area contributed by atoms with Gasteiger partial charge in [0.2, 0.25) is 0 Å². The van der Waals surface area contributed by atoms with E-state index in [1.54, 1.807) is 7.11 Å². The highest BCUT2D eigenvalue weighted by Gasteiger charge is 2.09. The topological polar surface area (TPSA) is 59.6 Å². The van der Waals surface area contributed by atoms with Crippen molar-refractivity contribution in [3.05, 3.63) is 88.4 Å². The molecule has 0 saturated carbocycles. The average Bonchev–Trinajstić information content (AvgIpc) is 2.81. The summed E-state index contributed by atoms with van der Waals surface area (Å²) >= 11 is 6.21. The number of ether oxygens (including phenoxy) is 2. The van der Waals surface area contributed by atoms with Crippen molar-refractivity contribution in [2.24, 2.45) is 5.92 Å². The summed E-state index contributed by atoms with van der Waals surface area (Å²) in [6.07, 6.45) is 0. The Hall–Kier alpha value is -3.18. The molecule has 3 aromatic carbocycles. The fourth-order valence-corrected chi connectivity index (χ4v) is 3.28. The van der Waals surface area contributed by atoms with Crippen LogP contribution in [0.2, 0.25) is 5.02 Å². The fourth-order valence-electron chi connectivity index (χ4n) is 3.09. The minimum absolute atomic E-state index is 0.0657. The van der Waals surface area contributed by atoms with Gasteiger partial charge in [0, 0.05) is 34.9 Å². The minimum Gasteiger partial charge on any atom is -0.493 e. The van der Waals surface area contributed by atoms with Crippen LogP contribution in [0.1, 0.15) is 35.3 Å². The van der Waals surface area contributed by atoms with Gasteiger partial charge in [0.1, 0.15) is 6.61 Å². The van der Waals surface area contributed by atoms with Crippen LogP contribution in [0.3, 0.4) is 0 Å². The molecule has 1 amide bonds. The second kappa shape index (κ2) is 11.4. The number of methoxy groups -OCH3 is 1. The fraction of sp³-hybridized carbons (Fsp3) is 0.269. The molecule has 32 heavy (non-hydrogen) atoms. The zero-order chi connectivity index (χ0) is 22.9. The molecule has 0 saturated heterocycles. The third-order valence-electron chi connectivity index (χ3n) is 4.86. The SMILES string of the molecule is COc1cc(CNc2cccc(C(=O)NCC(C)C)c2)ccc1OCc1ccccc1Cl. The van der Waals surface area contributed by atoms with Gasteiger partial charge in [0.05, 0.1) is 7.11 Å². The molecule has 0 aliphatic rings. The van der Waals surface area contributed by atoms with Crippen LogP contribution in [-0.4, -0.2) is 19.6 Å². The maximum atomic E-state index is 12.3. The largest absolute Gasteiger partial charge is 0.493 e. The van der Waals surface area contributed by atoms with E-state index in [0.29, 0.717) is 47.7 Å². The molecule has 0 aliphatic carbocycles. The third kappa shape index (κ3) is 6.66. The van der Waals surface area contributed by atoms with Crippen LogP contribution in [0, 0.1) is 5.92 Å². The van der Waals surface area contributed by atoms with Crippen molar-refractivity contribution < 1.29 is 14.3 Å². The molecule has 168 valence electrons. The van der Waals surface area contributed by atoms with Gasteiger partial charge < -0.3 is 20.1 Å². The molecule has 0 aromatic heterocycles. The van der Waals surface area contributed by atoms with Gasteiger partial charge in [0.15, 0.2) is 11.5 Å². The van der Waals surface area contributed by atoms with Gasteiger partial charge in [-0.05, 0) is 47.9 Å². The van der Waals surface area contributed by atoms with Crippen LogP contribution in [0.15, 0.2) is 66.7 Å². The number of benzene rings is 3. The van der Waals surface area contributed by atoms with Crippen LogP contribution in [0.25, 0.3) is 0 Å². The highest BCUT2D eigenvalue weighted by Crippen LogP contribution is 2.30. The number of hydrogen-bond acceptors (Lipinski definition) is 4. The monoisotopic (exact) mass is 452 g/mol. The van der Waals surface area contributed by atoms with E-state index in [2.05, 4.69) is 24.5 Å². The van der Waals surface area contributed by atoms with Gasteiger partial charge in [-0.3, -0.25) is 4.79 Å². The lowest BCUT2D eigenvalue weighted by atomic mass is 10.1. The maximum Gasteiger partial charge on any atom is 0.251 e. The van der Waals surface area contributed by atoms with Gasteiger partial charge in [0.25, 0.3) is 5.91 Å². The van der Waals surface area contributed by atoms with Crippen molar-refractivity contribution in [1.82, 2.24) is 5.32 Å². The Kier molecular flexibility index (Phi) is 8.40. The molecule has 0 heterocycles. The van der Waals surface area contributed by atoms with Crippen LogP contribution >= 0.6 is 11.6 Å². The summed E-state index contributed by atoms with van der Waals surface area (Å²) in [4.78, 5) is 12.3. The number of nitrogens with one attached hydrogen (secondary N) is 2. The van der Waals surface area contributed by atoms with Crippen LogP contribution < -0.4 is 20.1 Å². The quantitative estimate of drug-likeness (QED) is 0.400. The molecule has 0 fully saturated rings. The van der Waals surface area contributed by atoms with Crippen molar-refractivity contribution in [3.63, 3.8) is 0 Å². The number of hydrogen-bond donors (Lipinski definition) is 2. The number of anilines is 1. The zero-order valence-corrected chi connectivity index (χ0v) is 19.4. The first-order valence-electron chi connectivity index (χ1n) is 10.6. The van der Waals surface area contributed by atoms with Crippen molar-refractivity contribution >= 4 is 23.2 Å². The lowest BCUT2D eigenvalue weighted by Crippen LogP contribution is -2.27. The normalized spacial score (nSPS) is 10.7. The Labute approximate surface area is 194 Å². The molecule has 3 aromatic rings. The van der Waals surface area contributed by atoms with E-state index < -0.39 is 0 Å². The Morgan fingerprint density at radius 1 is 1.00 bits per heavy atom. The van der Waals surface area contributed by atoms with E-state index in [4.69, 9.17) is 21.1 Å². The Balaban J connectivity index is 1.61. The van der Waals surface area contributed by atoms with Crippen molar-refractivity contribution in [2.75, 3.05) is 19.0 Å². The predicted molar refractivity (Wildman–Crippen MR) is 130 cm³/mol. The number of carbonyl (C=O) groups is 1. The Bertz CT molecular complexity index is 1050. The predicted octanol–water partition coefficient (Wildman–Crippen LogP) is 5.93. The summed E-state index contributed by atoms with van der Waals surface area (Å²) in [5.41, 5.74) is 3.46. The molecule has 0 aliphatic heterocycles. The lowest BCUT2D eigenvalue weighted by Gasteiger charge is -2.14. The van der Waals surface area contributed by atoms with Crippen LogP contribution in [0.5, 0.6) is 11.5 Å². The van der Waals surface area contributed by atoms with Crippen LogP contribution in [0.4, 0.5) is 5.69 Å². The molecule has 0 bridgehead atoms. The van der Waals surface area contributed by atoms with Crippen molar-refractivity contribution in [1.29, 1.82) is 0 Å². The Morgan fingerprint density at radius 2 is 1.81 bits per heavy atom. The van der Waals surface area contributed by atoms with E-state index in [9.17, 15) is 4.79 Å². The summed E-state index contributed by atoms with van der Waals surface area (Å²) in [5, 5.41) is 6.98. The van der Waals surface area contributed by atoms with E-state index in [0.717, 1.165) is 16.8 Å². The summed E-state index contributed by atoms with van der Waals surface area (Å²) < 4.78 is 11.4. The summed E-state index contributed by atoms with van der Waals surface area (Å²) in [5.74, 6) is 1.65. The standard InChI is InChI=1S/C26H29ClN2O3/c1-18(2)15-29-26(30)20-8-6-9-22(14-20)28-16-19-11-12-24(25(13-19)31-3)32-17-21-7-4-5-10-23(21)27/h4-14,18,28H,15-17H2,1-3H3,(H,29,30). The van der Waals surface area contributed by atoms with Crippen molar-refractivity contribution in [3.8, 4) is 11.5 Å². The van der Waals surface area contributed by atoms with Crippen LogP contribution in [-0.2, 0) is 13.2 Å². The average molecular weight is 453 g/mol. The number of carbonyl (C=O) groups excluding carboxylic acids is 1. The molecule has 3 rings (SSSR count). The molecule has 6 heteroatoms. The van der Waals surface area contributed by atoms with Gasteiger partial charge in [-0.2, -0.15) is 0 Å². The zero-order valence-electron chi connectivity index (χ0n) is 18.7. The highest BCUT2D eigenvalue weighted by molar-refractivity contribution is 6.31. The van der Waals surface area contributed by atoms with E-state index in [1.807, 2.05) is 66.7 Å². The first-order valence-corrected chi connectivity index (χ1v) is 11.0. The molecular weight excluding hydrogens is 424 g/mol. The van der Waals surface area contributed by atoms with Gasteiger partial charge in [-0.25, -0.2) is 0 Å². The smallest absolute Gasteiger partial charge is 0.251 e. The third-order valence-corrected chi connectivity index (χ3v) is 5.23. The molecule has 2 N–H and O–H groups in total. The second-order valence-electron chi connectivity index (χ2n) is 7.90. The first-order chi connectivity index (χ1) is 15.5. The molecule has 0 unspecified atom stereocenters. The molecule has 0 atom stereocenters. The van der Waals surface area contributed by atoms with Crippen molar-refractivity contribution in [2.45, 2.75) is 27.0 Å². The molecular formula is C26H29ClN2O3. The second-order valence-corrected chi connectivity index (χ2v) is 8.31. The summed E-state index contributed by atoms with van der Waals surface area (Å²) in [7, 11) is 1.62. The lowest BCUT2D eigenvalue weighted by molar-refractivity contribution is 0.0949. The molecule has 0 radical (unpaired) electrons. The van der Waals surface area contributed by atoms with Gasteiger partial charge >= 0.3 is 0 Å². The first kappa shape index (κ1) is 23.5. The number of rotatable bonds is 10. The maximum absolute atomic E-state index is 12.3. The van der Waals surface area contributed by atoms with E-state index in [-0.39, 0.29) is 5.91 Å². The van der Waals surface area contributed by atoms with Gasteiger partial charge in [-0.15, -0.1) is 0 Å². The molecule has 0 spiro atoms. The minimum atomic E-state index is -0.0657.